The minimum absolute atomic E-state index is 0.0554. The number of nitrogens with one attached hydrogen (secondary N) is 1. The molecule has 0 unspecified atom stereocenters. The van der Waals surface area contributed by atoms with E-state index in [4.69, 9.17) is 0 Å². The molecule has 0 bridgehead atoms. The first-order chi connectivity index (χ1) is 16.1. The van der Waals surface area contributed by atoms with E-state index in [1.54, 1.807) is 12.1 Å². The Hall–Kier alpha value is -4.17. The molecule has 0 aliphatic heterocycles. The third kappa shape index (κ3) is 5.02. The van der Waals surface area contributed by atoms with Crippen molar-refractivity contribution in [3.05, 3.63) is 113 Å². The molecule has 0 saturated carbocycles. The standard InChI is InChI=1S/C28H24FN3O/c1-20-26(17-23(18-30)28(33)31-15-14-21-8-3-2-4-9-21)25-12-5-6-13-27(25)32(20)19-22-10-7-11-24(29)16-22/h2-13,16-17H,14-15,19H2,1H3,(H,31,33)/b23-17+. The topological polar surface area (TPSA) is 57.8 Å². The van der Waals surface area contributed by atoms with E-state index in [2.05, 4.69) is 9.88 Å². The number of amides is 1. The quantitative estimate of drug-likeness (QED) is 0.311. The second-order valence-corrected chi connectivity index (χ2v) is 7.89. The summed E-state index contributed by atoms with van der Waals surface area (Å²) in [5, 5.41) is 13.5. The molecule has 0 atom stereocenters. The Bertz CT molecular complexity index is 1360. The van der Waals surface area contributed by atoms with Gasteiger partial charge in [0.25, 0.3) is 5.91 Å². The molecule has 164 valence electrons. The van der Waals surface area contributed by atoms with Crippen LogP contribution in [0.5, 0.6) is 0 Å². The van der Waals surface area contributed by atoms with E-state index in [0.29, 0.717) is 19.5 Å². The van der Waals surface area contributed by atoms with Crippen LogP contribution in [-0.4, -0.2) is 17.0 Å². The van der Waals surface area contributed by atoms with E-state index in [-0.39, 0.29) is 11.4 Å². The first-order valence-corrected chi connectivity index (χ1v) is 10.8. The van der Waals surface area contributed by atoms with E-state index in [1.807, 2.05) is 73.7 Å². The zero-order valence-electron chi connectivity index (χ0n) is 18.4. The molecule has 5 heteroatoms. The van der Waals surface area contributed by atoms with Gasteiger partial charge in [0.1, 0.15) is 17.5 Å². The van der Waals surface area contributed by atoms with Gasteiger partial charge in [0.2, 0.25) is 0 Å². The van der Waals surface area contributed by atoms with E-state index in [0.717, 1.165) is 33.3 Å². The zero-order valence-corrected chi connectivity index (χ0v) is 18.4. The Morgan fingerprint density at radius 1 is 1.03 bits per heavy atom. The van der Waals surface area contributed by atoms with Crippen LogP contribution in [0.25, 0.3) is 17.0 Å². The second kappa shape index (κ2) is 9.97. The average Bonchev–Trinajstić information content (AvgIpc) is 3.09. The number of hydrogen-bond donors (Lipinski definition) is 1. The van der Waals surface area contributed by atoms with Crippen LogP contribution < -0.4 is 5.32 Å². The Balaban J connectivity index is 1.61. The second-order valence-electron chi connectivity index (χ2n) is 7.89. The lowest BCUT2D eigenvalue weighted by atomic mass is 10.1. The first kappa shape index (κ1) is 22.0. The Morgan fingerprint density at radius 3 is 2.52 bits per heavy atom. The van der Waals surface area contributed by atoms with Gasteiger partial charge < -0.3 is 9.88 Å². The summed E-state index contributed by atoms with van der Waals surface area (Å²) in [7, 11) is 0. The summed E-state index contributed by atoms with van der Waals surface area (Å²) >= 11 is 0. The van der Waals surface area contributed by atoms with Crippen LogP contribution in [0.15, 0.2) is 84.4 Å². The van der Waals surface area contributed by atoms with E-state index < -0.39 is 5.91 Å². The molecule has 0 saturated heterocycles. The minimum Gasteiger partial charge on any atom is -0.351 e. The minimum atomic E-state index is -0.394. The molecule has 0 fully saturated rings. The van der Waals surface area contributed by atoms with Crippen molar-refractivity contribution in [3.63, 3.8) is 0 Å². The molecular weight excluding hydrogens is 413 g/mol. The van der Waals surface area contributed by atoms with Crippen LogP contribution in [0.1, 0.15) is 22.4 Å². The van der Waals surface area contributed by atoms with Crippen LogP contribution in [0.2, 0.25) is 0 Å². The van der Waals surface area contributed by atoms with Crippen molar-refractivity contribution in [3.8, 4) is 6.07 Å². The lowest BCUT2D eigenvalue weighted by molar-refractivity contribution is -0.117. The molecule has 33 heavy (non-hydrogen) atoms. The molecule has 4 nitrogen and oxygen atoms in total. The third-order valence-corrected chi connectivity index (χ3v) is 5.71. The summed E-state index contributed by atoms with van der Waals surface area (Å²) in [6, 6.07) is 26.3. The maximum absolute atomic E-state index is 13.7. The molecule has 4 rings (SSSR count). The summed E-state index contributed by atoms with van der Waals surface area (Å²) < 4.78 is 15.8. The molecule has 1 N–H and O–H groups in total. The van der Waals surface area contributed by atoms with Gasteiger partial charge in [-0.25, -0.2) is 4.39 Å². The van der Waals surface area contributed by atoms with E-state index >= 15 is 0 Å². The smallest absolute Gasteiger partial charge is 0.261 e. The van der Waals surface area contributed by atoms with Gasteiger partial charge in [-0.1, -0.05) is 60.7 Å². The Kier molecular flexibility index (Phi) is 6.66. The molecule has 1 amide bonds. The number of nitriles is 1. The fourth-order valence-electron chi connectivity index (χ4n) is 4.01. The van der Waals surface area contributed by atoms with E-state index in [1.165, 1.54) is 12.1 Å². The van der Waals surface area contributed by atoms with Gasteiger partial charge in [0, 0.05) is 35.2 Å². The summed E-state index contributed by atoms with van der Waals surface area (Å²) in [5.41, 5.74) is 4.71. The molecule has 0 spiro atoms. The van der Waals surface area contributed by atoms with Crippen molar-refractivity contribution < 1.29 is 9.18 Å². The number of para-hydroxylation sites is 1. The number of carbonyl (C=O) groups excluding carboxylic acids is 1. The maximum atomic E-state index is 13.7. The highest BCUT2D eigenvalue weighted by molar-refractivity contribution is 6.04. The van der Waals surface area contributed by atoms with Crippen molar-refractivity contribution in [1.29, 1.82) is 5.26 Å². The summed E-state index contributed by atoms with van der Waals surface area (Å²) in [5.74, 6) is -0.671. The Labute approximate surface area is 192 Å². The summed E-state index contributed by atoms with van der Waals surface area (Å²) in [6.45, 7) is 2.89. The number of halogens is 1. The SMILES string of the molecule is Cc1c(/C=C(\C#N)C(=O)NCCc2ccccc2)c2ccccc2n1Cc1cccc(F)c1. The number of aromatic nitrogens is 1. The summed E-state index contributed by atoms with van der Waals surface area (Å²) in [4.78, 5) is 12.7. The molecule has 1 heterocycles. The Morgan fingerprint density at radius 2 is 1.76 bits per heavy atom. The molecule has 0 aliphatic rings. The first-order valence-electron chi connectivity index (χ1n) is 10.8. The summed E-state index contributed by atoms with van der Waals surface area (Å²) in [6.07, 6.45) is 2.34. The lowest BCUT2D eigenvalue weighted by Crippen LogP contribution is -2.26. The van der Waals surface area contributed by atoms with Gasteiger partial charge >= 0.3 is 0 Å². The van der Waals surface area contributed by atoms with Gasteiger partial charge in [0.15, 0.2) is 0 Å². The number of hydrogen-bond acceptors (Lipinski definition) is 2. The van der Waals surface area contributed by atoms with Gasteiger partial charge in [-0.2, -0.15) is 5.26 Å². The van der Waals surface area contributed by atoms with E-state index in [9.17, 15) is 14.4 Å². The van der Waals surface area contributed by atoms with Crippen molar-refractivity contribution in [2.75, 3.05) is 6.54 Å². The molecule has 1 aromatic heterocycles. The number of nitrogens with zero attached hydrogens (tertiary/aromatic N) is 2. The van der Waals surface area contributed by atoms with Crippen molar-refractivity contribution in [2.24, 2.45) is 0 Å². The number of carbonyl (C=O) groups is 1. The highest BCUT2D eigenvalue weighted by Gasteiger charge is 2.16. The zero-order chi connectivity index (χ0) is 23.2. The van der Waals surface area contributed by atoms with Crippen LogP contribution >= 0.6 is 0 Å². The lowest BCUT2D eigenvalue weighted by Gasteiger charge is -2.09. The van der Waals surface area contributed by atoms with Crippen molar-refractivity contribution in [2.45, 2.75) is 19.9 Å². The highest BCUT2D eigenvalue weighted by atomic mass is 19.1. The van der Waals surface area contributed by atoms with Crippen molar-refractivity contribution in [1.82, 2.24) is 9.88 Å². The third-order valence-electron chi connectivity index (χ3n) is 5.71. The fourth-order valence-corrected chi connectivity index (χ4v) is 4.01. The van der Waals surface area contributed by atoms with Gasteiger partial charge in [-0.05, 0) is 48.7 Å². The maximum Gasteiger partial charge on any atom is 0.261 e. The number of rotatable bonds is 7. The largest absolute Gasteiger partial charge is 0.351 e. The van der Waals surface area contributed by atoms with Gasteiger partial charge in [-0.3, -0.25) is 4.79 Å². The molecule has 0 radical (unpaired) electrons. The monoisotopic (exact) mass is 437 g/mol. The van der Waals surface area contributed by atoms with Crippen LogP contribution in [0, 0.1) is 24.1 Å². The van der Waals surface area contributed by atoms with Crippen LogP contribution in [-0.2, 0) is 17.8 Å². The normalized spacial score (nSPS) is 11.4. The van der Waals surface area contributed by atoms with Gasteiger partial charge in [-0.15, -0.1) is 0 Å². The predicted molar refractivity (Wildman–Crippen MR) is 129 cm³/mol. The van der Waals surface area contributed by atoms with Crippen molar-refractivity contribution >= 4 is 22.9 Å². The van der Waals surface area contributed by atoms with Gasteiger partial charge in [0.05, 0.1) is 0 Å². The molecular formula is C28H24FN3O. The molecule has 4 aromatic rings. The predicted octanol–water partition coefficient (Wildman–Crippen LogP) is 5.40. The number of benzene rings is 3. The highest BCUT2D eigenvalue weighted by Crippen LogP contribution is 2.29. The van der Waals surface area contributed by atoms with Crippen LogP contribution in [0.4, 0.5) is 4.39 Å². The fraction of sp³-hybridized carbons (Fsp3) is 0.143. The number of fused-ring (bicyclic) bond motifs is 1. The molecule has 3 aromatic carbocycles. The average molecular weight is 438 g/mol. The van der Waals surface area contributed by atoms with Crippen LogP contribution in [0.3, 0.4) is 0 Å². The molecule has 0 aliphatic carbocycles.